The van der Waals surface area contributed by atoms with Crippen molar-refractivity contribution in [3.05, 3.63) is 12.2 Å². The number of hydrogen-bond donors (Lipinski definition) is 1. The summed E-state index contributed by atoms with van der Waals surface area (Å²) in [5.74, 6) is 2.75. The van der Waals surface area contributed by atoms with Crippen molar-refractivity contribution >= 4 is 6.09 Å². The average molecular weight is 192 g/mol. The molecule has 2 saturated carbocycles. The molecule has 0 radical (unpaired) electrons. The van der Waals surface area contributed by atoms with Crippen molar-refractivity contribution in [3.8, 4) is 0 Å². The number of hydrogen-bond acceptors (Lipinski definition) is 2. The van der Waals surface area contributed by atoms with E-state index in [-0.39, 0.29) is 6.04 Å². The van der Waals surface area contributed by atoms with Crippen molar-refractivity contribution in [3.63, 3.8) is 0 Å². The van der Waals surface area contributed by atoms with Crippen molar-refractivity contribution in [2.45, 2.75) is 25.3 Å². The molecule has 14 heavy (non-hydrogen) atoms. The average Bonchev–Trinajstić information content (AvgIpc) is 2.68. The third-order valence-electron chi connectivity index (χ3n) is 4.31. The topological polar surface area (TPSA) is 52.2 Å². The quantitative estimate of drug-likeness (QED) is 0.616. The van der Waals surface area contributed by atoms with Crippen LogP contribution in [0.2, 0.25) is 0 Å². The van der Waals surface area contributed by atoms with Crippen LogP contribution in [0.5, 0.6) is 0 Å². The van der Waals surface area contributed by atoms with Gasteiger partial charge in [0.15, 0.2) is 0 Å². The Kier molecular flexibility index (Phi) is 1.64. The van der Waals surface area contributed by atoms with Crippen LogP contribution in [0, 0.1) is 23.7 Å². The van der Waals surface area contributed by atoms with Crippen LogP contribution in [-0.4, -0.2) is 12.1 Å². The second-order valence-electron chi connectivity index (χ2n) is 4.84. The van der Waals surface area contributed by atoms with Gasteiger partial charge in [0, 0.05) is 6.04 Å². The minimum Gasteiger partial charge on any atom is -0.530 e. The third-order valence-corrected chi connectivity index (χ3v) is 4.31. The van der Waals surface area contributed by atoms with Gasteiger partial charge in [0.2, 0.25) is 0 Å². The van der Waals surface area contributed by atoms with E-state index in [0.29, 0.717) is 11.8 Å². The molecule has 0 heterocycles. The molecular formula is C11H14NO2-. The number of rotatable bonds is 1. The minimum absolute atomic E-state index is 0.161. The predicted octanol–water partition coefficient (Wildman–Crippen LogP) is 0.520. The summed E-state index contributed by atoms with van der Waals surface area (Å²) in [6, 6.07) is 0.161. The van der Waals surface area contributed by atoms with E-state index in [9.17, 15) is 9.90 Å². The SMILES string of the molecule is O=C([O-])NC1CC2CC1C1C=CCC21. The summed E-state index contributed by atoms with van der Waals surface area (Å²) < 4.78 is 0. The monoisotopic (exact) mass is 192 g/mol. The summed E-state index contributed by atoms with van der Waals surface area (Å²) in [7, 11) is 0. The molecule has 0 aliphatic heterocycles. The largest absolute Gasteiger partial charge is 0.530 e. The first-order valence-electron chi connectivity index (χ1n) is 5.40. The van der Waals surface area contributed by atoms with Gasteiger partial charge in [-0.2, -0.15) is 0 Å². The Morgan fingerprint density at radius 3 is 3.00 bits per heavy atom. The molecule has 0 saturated heterocycles. The standard InChI is InChI=1S/C11H15NO2/c13-11(14)12-10-5-6-4-9(10)8-3-1-2-7(6)8/h1,3,6-10,12H,2,4-5H2,(H,13,14)/p-1. The molecule has 1 amide bonds. The molecule has 0 aromatic carbocycles. The van der Waals surface area contributed by atoms with E-state index in [1.165, 1.54) is 12.8 Å². The number of carbonyl (C=O) groups is 1. The van der Waals surface area contributed by atoms with Crippen LogP contribution in [0.15, 0.2) is 12.2 Å². The van der Waals surface area contributed by atoms with Crippen LogP contribution in [0.1, 0.15) is 19.3 Å². The highest BCUT2D eigenvalue weighted by Crippen LogP contribution is 2.56. The molecule has 3 nitrogen and oxygen atoms in total. The van der Waals surface area contributed by atoms with Crippen LogP contribution < -0.4 is 10.4 Å². The lowest BCUT2D eigenvalue weighted by Gasteiger charge is -2.32. The van der Waals surface area contributed by atoms with Crippen LogP contribution in [-0.2, 0) is 0 Å². The molecule has 5 unspecified atom stereocenters. The Labute approximate surface area is 83.2 Å². The fourth-order valence-corrected chi connectivity index (χ4v) is 3.86. The Bertz CT molecular complexity index is 300. The summed E-state index contributed by atoms with van der Waals surface area (Å²) in [5.41, 5.74) is 0. The van der Waals surface area contributed by atoms with Crippen LogP contribution in [0.25, 0.3) is 0 Å². The Hall–Kier alpha value is -0.990. The maximum absolute atomic E-state index is 10.5. The van der Waals surface area contributed by atoms with Crippen LogP contribution in [0.3, 0.4) is 0 Å². The maximum atomic E-state index is 10.5. The van der Waals surface area contributed by atoms with Gasteiger partial charge in [0.1, 0.15) is 6.09 Å². The predicted molar refractivity (Wildman–Crippen MR) is 49.3 cm³/mol. The van der Waals surface area contributed by atoms with E-state index in [0.717, 1.165) is 18.3 Å². The smallest absolute Gasteiger partial charge is 0.134 e. The normalized spacial score (nSPS) is 48.1. The zero-order valence-corrected chi connectivity index (χ0v) is 7.98. The Morgan fingerprint density at radius 1 is 1.36 bits per heavy atom. The summed E-state index contributed by atoms with van der Waals surface area (Å²) in [5, 5.41) is 13.0. The second-order valence-corrected chi connectivity index (χ2v) is 4.84. The molecule has 0 aromatic rings. The number of amides is 1. The molecule has 0 aromatic heterocycles. The molecule has 3 heteroatoms. The second kappa shape index (κ2) is 2.75. The number of allylic oxidation sites excluding steroid dienone is 2. The van der Waals surface area contributed by atoms with Gasteiger partial charge in [-0.25, -0.2) is 0 Å². The lowest BCUT2D eigenvalue weighted by molar-refractivity contribution is -0.252. The fourth-order valence-electron chi connectivity index (χ4n) is 3.86. The van der Waals surface area contributed by atoms with Gasteiger partial charge in [-0.1, -0.05) is 12.2 Å². The molecule has 3 aliphatic carbocycles. The first kappa shape index (κ1) is 8.33. The molecule has 3 rings (SSSR count). The number of nitrogens with one attached hydrogen (secondary N) is 1. The zero-order valence-electron chi connectivity index (χ0n) is 7.98. The van der Waals surface area contributed by atoms with Crippen molar-refractivity contribution in [2.75, 3.05) is 0 Å². The summed E-state index contributed by atoms with van der Waals surface area (Å²) >= 11 is 0. The molecule has 0 spiro atoms. The fraction of sp³-hybridized carbons (Fsp3) is 0.727. The molecule has 76 valence electrons. The van der Waals surface area contributed by atoms with Gasteiger partial charge in [0.05, 0.1) is 0 Å². The molecule has 2 fully saturated rings. The van der Waals surface area contributed by atoms with Crippen molar-refractivity contribution in [1.82, 2.24) is 5.32 Å². The summed E-state index contributed by atoms with van der Waals surface area (Å²) in [6.45, 7) is 0. The molecule has 3 aliphatic rings. The Morgan fingerprint density at radius 2 is 2.21 bits per heavy atom. The van der Waals surface area contributed by atoms with E-state index in [2.05, 4.69) is 17.5 Å². The van der Waals surface area contributed by atoms with Crippen molar-refractivity contribution < 1.29 is 9.90 Å². The van der Waals surface area contributed by atoms with Crippen molar-refractivity contribution in [1.29, 1.82) is 0 Å². The Balaban J connectivity index is 1.76. The highest BCUT2D eigenvalue weighted by Gasteiger charge is 2.52. The molecule has 2 bridgehead atoms. The third kappa shape index (κ3) is 1.01. The van der Waals surface area contributed by atoms with Crippen LogP contribution in [0.4, 0.5) is 4.79 Å². The summed E-state index contributed by atoms with van der Waals surface area (Å²) in [4.78, 5) is 10.5. The lowest BCUT2D eigenvalue weighted by atomic mass is 9.79. The first-order chi connectivity index (χ1) is 6.75. The molecular weight excluding hydrogens is 178 g/mol. The summed E-state index contributed by atoms with van der Waals surface area (Å²) in [6.07, 6.45) is 6.89. The van der Waals surface area contributed by atoms with Crippen LogP contribution >= 0.6 is 0 Å². The highest BCUT2D eigenvalue weighted by atomic mass is 16.4. The highest BCUT2D eigenvalue weighted by molar-refractivity contribution is 5.62. The minimum atomic E-state index is -1.11. The van der Waals surface area contributed by atoms with E-state index in [1.807, 2.05) is 0 Å². The van der Waals surface area contributed by atoms with E-state index in [4.69, 9.17) is 0 Å². The van der Waals surface area contributed by atoms with Gasteiger partial charge in [-0.15, -0.1) is 0 Å². The van der Waals surface area contributed by atoms with Gasteiger partial charge >= 0.3 is 0 Å². The number of carboxylic acid groups (broad SMARTS) is 1. The van der Waals surface area contributed by atoms with Gasteiger partial charge in [0.25, 0.3) is 0 Å². The van der Waals surface area contributed by atoms with E-state index < -0.39 is 6.09 Å². The molecule has 1 N–H and O–H groups in total. The lowest BCUT2D eigenvalue weighted by Crippen LogP contribution is -2.47. The first-order valence-corrected chi connectivity index (χ1v) is 5.40. The number of fused-ring (bicyclic) bond motifs is 5. The zero-order chi connectivity index (χ0) is 9.71. The maximum Gasteiger partial charge on any atom is 0.134 e. The molecule has 5 atom stereocenters. The van der Waals surface area contributed by atoms with Gasteiger partial charge in [-0.05, 0) is 42.9 Å². The van der Waals surface area contributed by atoms with Gasteiger partial charge < -0.3 is 15.2 Å². The number of carbonyl (C=O) groups excluding carboxylic acids is 1. The van der Waals surface area contributed by atoms with E-state index in [1.54, 1.807) is 0 Å². The van der Waals surface area contributed by atoms with E-state index >= 15 is 0 Å². The van der Waals surface area contributed by atoms with Gasteiger partial charge in [-0.3, -0.25) is 0 Å². The van der Waals surface area contributed by atoms with Crippen molar-refractivity contribution in [2.24, 2.45) is 23.7 Å².